The van der Waals surface area contributed by atoms with Crippen molar-refractivity contribution in [2.24, 2.45) is 0 Å². The lowest BCUT2D eigenvalue weighted by molar-refractivity contribution is 0.0542. The molecule has 2 aromatic heterocycles. The maximum absolute atomic E-state index is 12.5. The fraction of sp³-hybridized carbons (Fsp3) is 0.111. The highest BCUT2D eigenvalue weighted by Gasteiger charge is 2.38. The summed E-state index contributed by atoms with van der Waals surface area (Å²) in [5.41, 5.74) is -1.89. The van der Waals surface area contributed by atoms with Crippen LogP contribution in [0.4, 0.5) is 0 Å². The van der Waals surface area contributed by atoms with E-state index < -0.39 is 40.9 Å². The molecule has 0 amide bonds. The number of carboxylic acid groups (broad SMARTS) is 1. The molecule has 0 spiro atoms. The van der Waals surface area contributed by atoms with Gasteiger partial charge in [-0.3, -0.25) is 9.59 Å². The summed E-state index contributed by atoms with van der Waals surface area (Å²) in [6.45, 7) is 3.33. The first kappa shape index (κ1) is 18.7. The molecule has 2 N–H and O–H groups in total. The Kier molecular flexibility index (Phi) is 4.62. The van der Waals surface area contributed by atoms with Crippen molar-refractivity contribution in [3.63, 3.8) is 0 Å². The second-order valence-electron chi connectivity index (χ2n) is 5.59. The van der Waals surface area contributed by atoms with E-state index in [-0.39, 0.29) is 34.7 Å². The van der Waals surface area contributed by atoms with E-state index in [1.54, 1.807) is 0 Å². The summed E-state index contributed by atoms with van der Waals surface area (Å²) in [4.78, 5) is 66.8. The number of pyridine rings is 1. The van der Waals surface area contributed by atoms with Crippen LogP contribution < -0.4 is 0 Å². The number of Topliss-reactive ketones (excluding diaryl/α,β-unsaturated/α-hetero) is 2. The van der Waals surface area contributed by atoms with Gasteiger partial charge in [-0.25, -0.2) is 19.4 Å². The van der Waals surface area contributed by atoms with Gasteiger partial charge in [-0.15, -0.1) is 0 Å². The number of nitrogens with zero attached hydrogens (tertiary/aromatic N) is 1. The van der Waals surface area contributed by atoms with E-state index in [0.717, 1.165) is 19.2 Å². The topological polar surface area (TPSA) is 153 Å². The van der Waals surface area contributed by atoms with E-state index >= 15 is 0 Å². The Morgan fingerprint density at radius 2 is 1.93 bits per heavy atom. The molecule has 0 bridgehead atoms. The maximum Gasteiger partial charge on any atom is 0.355 e. The number of rotatable bonds is 5. The van der Waals surface area contributed by atoms with Crippen molar-refractivity contribution in [2.45, 2.75) is 0 Å². The molecule has 0 saturated heterocycles. The van der Waals surface area contributed by atoms with Crippen LogP contribution in [0.2, 0.25) is 0 Å². The van der Waals surface area contributed by atoms with Gasteiger partial charge in [0, 0.05) is 5.56 Å². The molecule has 0 unspecified atom stereocenters. The van der Waals surface area contributed by atoms with Gasteiger partial charge >= 0.3 is 17.9 Å². The van der Waals surface area contributed by atoms with E-state index in [1.165, 1.54) is 6.08 Å². The summed E-state index contributed by atoms with van der Waals surface area (Å²) in [6, 6.07) is 2.05. The highest BCUT2D eigenvalue weighted by atomic mass is 16.5. The number of aromatic nitrogens is 2. The van der Waals surface area contributed by atoms with Gasteiger partial charge < -0.3 is 19.6 Å². The van der Waals surface area contributed by atoms with Crippen LogP contribution in [-0.4, -0.2) is 58.3 Å². The lowest BCUT2D eigenvalue weighted by Gasteiger charge is -2.17. The minimum Gasteiger partial charge on any atom is -0.477 e. The number of ketones is 2. The van der Waals surface area contributed by atoms with Crippen LogP contribution in [-0.2, 0) is 9.47 Å². The Morgan fingerprint density at radius 3 is 2.54 bits per heavy atom. The number of fused-ring (bicyclic) bond motifs is 3. The third-order valence-corrected chi connectivity index (χ3v) is 3.93. The number of H-pyrrole nitrogens is 1. The second kappa shape index (κ2) is 6.91. The fourth-order valence-electron chi connectivity index (χ4n) is 2.73. The Morgan fingerprint density at radius 1 is 1.21 bits per heavy atom. The normalized spacial score (nSPS) is 12.0. The molecule has 142 valence electrons. The molecule has 28 heavy (non-hydrogen) atoms. The van der Waals surface area contributed by atoms with Crippen LogP contribution >= 0.6 is 0 Å². The van der Waals surface area contributed by atoms with Crippen molar-refractivity contribution in [3.8, 4) is 11.3 Å². The Hall–Kier alpha value is -4.08. The lowest BCUT2D eigenvalue weighted by atomic mass is 9.88. The SMILES string of the molecule is C=CCOC(=O)c1cc2c([nH]1)-c1c(C(=O)OC)cc(C(=O)O)nc1C(=O)C2=O. The number of hydrogen-bond acceptors (Lipinski definition) is 8. The number of hydrogen-bond donors (Lipinski definition) is 2. The number of aromatic carboxylic acids is 1. The largest absolute Gasteiger partial charge is 0.477 e. The molecule has 0 fully saturated rings. The predicted octanol–water partition coefficient (Wildman–Crippen LogP) is 1.28. The number of carbonyl (C=O) groups is 5. The second-order valence-corrected chi connectivity index (χ2v) is 5.59. The Labute approximate surface area is 156 Å². The number of methoxy groups -OCH3 is 1. The molecular formula is C18H12N2O8. The zero-order chi connectivity index (χ0) is 20.6. The quantitative estimate of drug-likeness (QED) is 0.441. The number of esters is 2. The van der Waals surface area contributed by atoms with Gasteiger partial charge in [-0.1, -0.05) is 12.7 Å². The van der Waals surface area contributed by atoms with Gasteiger partial charge in [0.2, 0.25) is 5.78 Å². The zero-order valence-corrected chi connectivity index (χ0v) is 14.4. The number of carbonyl (C=O) groups excluding carboxylic acids is 4. The molecule has 0 saturated carbocycles. The number of ether oxygens (including phenoxy) is 2. The fourth-order valence-corrected chi connectivity index (χ4v) is 2.73. The molecule has 0 radical (unpaired) electrons. The van der Waals surface area contributed by atoms with Crippen LogP contribution in [0.1, 0.15) is 52.2 Å². The molecule has 1 aliphatic rings. The third kappa shape index (κ3) is 2.86. The molecule has 1 aliphatic carbocycles. The summed E-state index contributed by atoms with van der Waals surface area (Å²) < 4.78 is 9.53. The minimum atomic E-state index is -1.50. The van der Waals surface area contributed by atoms with Crippen molar-refractivity contribution in [2.75, 3.05) is 13.7 Å². The standard InChI is InChI=1S/C18H12N2O8/c1-3-4-28-18(26)10-6-8-12(20-10)11-7(17(25)27-2)5-9(16(23)24)19-13(11)15(22)14(8)21/h3,5-6,20H,1,4H2,2H3,(H,23,24). The van der Waals surface area contributed by atoms with E-state index in [1.807, 2.05) is 0 Å². The zero-order valence-electron chi connectivity index (χ0n) is 14.4. The Balaban J connectivity index is 2.28. The smallest absolute Gasteiger partial charge is 0.355 e. The molecule has 0 atom stereocenters. The molecule has 2 aromatic rings. The minimum absolute atomic E-state index is 0.0324. The average Bonchev–Trinajstić information content (AvgIpc) is 3.14. The highest BCUT2D eigenvalue weighted by molar-refractivity contribution is 6.52. The first-order valence-electron chi connectivity index (χ1n) is 7.77. The summed E-state index contributed by atoms with van der Waals surface area (Å²) in [5.74, 6) is -5.38. The highest BCUT2D eigenvalue weighted by Crippen LogP contribution is 2.36. The van der Waals surface area contributed by atoms with Crippen LogP contribution in [0.5, 0.6) is 0 Å². The van der Waals surface area contributed by atoms with Gasteiger partial charge in [0.1, 0.15) is 23.7 Å². The maximum atomic E-state index is 12.5. The van der Waals surface area contributed by atoms with E-state index in [9.17, 15) is 29.1 Å². The molecule has 3 rings (SSSR count). The van der Waals surface area contributed by atoms with E-state index in [0.29, 0.717) is 0 Å². The first-order valence-corrected chi connectivity index (χ1v) is 7.77. The van der Waals surface area contributed by atoms with Crippen LogP contribution in [0.3, 0.4) is 0 Å². The van der Waals surface area contributed by atoms with Crippen molar-refractivity contribution >= 4 is 29.5 Å². The summed E-state index contributed by atoms with van der Waals surface area (Å²) in [7, 11) is 1.07. The van der Waals surface area contributed by atoms with Gasteiger partial charge in [0.25, 0.3) is 5.78 Å². The summed E-state index contributed by atoms with van der Waals surface area (Å²) >= 11 is 0. The molecule has 0 aliphatic heterocycles. The molecule has 0 aromatic carbocycles. The lowest BCUT2D eigenvalue weighted by Crippen LogP contribution is -2.25. The van der Waals surface area contributed by atoms with Gasteiger partial charge in [0.15, 0.2) is 0 Å². The summed E-state index contributed by atoms with van der Waals surface area (Å²) in [6.07, 6.45) is 1.34. The van der Waals surface area contributed by atoms with E-state index in [2.05, 4.69) is 21.3 Å². The van der Waals surface area contributed by atoms with E-state index in [4.69, 9.17) is 4.74 Å². The van der Waals surface area contributed by atoms with Crippen LogP contribution in [0.25, 0.3) is 11.3 Å². The molecular weight excluding hydrogens is 372 g/mol. The van der Waals surface area contributed by atoms with Crippen molar-refractivity contribution < 1.29 is 38.6 Å². The Bertz CT molecular complexity index is 1080. The van der Waals surface area contributed by atoms with Crippen molar-refractivity contribution in [3.05, 3.63) is 53.0 Å². The van der Waals surface area contributed by atoms with Crippen molar-refractivity contribution in [1.82, 2.24) is 9.97 Å². The molecule has 10 nitrogen and oxygen atoms in total. The van der Waals surface area contributed by atoms with Gasteiger partial charge in [-0.05, 0) is 12.1 Å². The van der Waals surface area contributed by atoms with Crippen molar-refractivity contribution in [1.29, 1.82) is 0 Å². The van der Waals surface area contributed by atoms with Crippen LogP contribution in [0, 0.1) is 0 Å². The number of aromatic amines is 1. The molecule has 10 heteroatoms. The average molecular weight is 384 g/mol. The monoisotopic (exact) mass is 384 g/mol. The number of nitrogens with one attached hydrogen (secondary N) is 1. The predicted molar refractivity (Wildman–Crippen MR) is 91.5 cm³/mol. The van der Waals surface area contributed by atoms with Crippen LogP contribution in [0.15, 0.2) is 24.8 Å². The van der Waals surface area contributed by atoms with Gasteiger partial charge in [-0.2, -0.15) is 0 Å². The molecule has 2 heterocycles. The third-order valence-electron chi connectivity index (χ3n) is 3.93. The van der Waals surface area contributed by atoms with Gasteiger partial charge in [0.05, 0.1) is 23.9 Å². The first-order chi connectivity index (χ1) is 13.3. The number of carboxylic acids is 1. The summed E-state index contributed by atoms with van der Waals surface area (Å²) in [5, 5.41) is 9.18.